The van der Waals surface area contributed by atoms with Crippen LogP contribution < -0.4 is 10.6 Å². The molecule has 3 aliphatic heterocycles. The van der Waals surface area contributed by atoms with Gasteiger partial charge in [-0.25, -0.2) is 0 Å². The largest absolute Gasteiger partial charge is 0.315 e. The summed E-state index contributed by atoms with van der Waals surface area (Å²) in [6.45, 7) is 4.23. The van der Waals surface area contributed by atoms with Gasteiger partial charge in [0.25, 0.3) is 0 Å². The van der Waals surface area contributed by atoms with Crippen molar-refractivity contribution in [2.24, 2.45) is 9.98 Å². The van der Waals surface area contributed by atoms with E-state index in [4.69, 9.17) is 9.98 Å². The molecule has 4 nitrogen and oxygen atoms in total. The van der Waals surface area contributed by atoms with Crippen molar-refractivity contribution in [3.8, 4) is 0 Å². The zero-order valence-electron chi connectivity index (χ0n) is 12.3. The van der Waals surface area contributed by atoms with Crippen LogP contribution in [0, 0.1) is 0 Å². The molecule has 0 spiro atoms. The topological polar surface area (TPSA) is 48.8 Å². The van der Waals surface area contributed by atoms with Crippen LogP contribution in [-0.4, -0.2) is 43.6 Å². The van der Waals surface area contributed by atoms with E-state index in [0.717, 1.165) is 44.7 Å². The number of rotatable bonds is 0. The number of aliphatic imine (C=N–C) groups is 2. The third-order valence-corrected chi connectivity index (χ3v) is 4.32. The Hall–Kier alpha value is -1.00. The molecule has 0 aromatic carbocycles. The molecule has 0 aliphatic carbocycles. The fourth-order valence-corrected chi connectivity index (χ4v) is 3.12. The molecule has 0 saturated heterocycles. The van der Waals surface area contributed by atoms with Gasteiger partial charge in [0.15, 0.2) is 0 Å². The Morgan fingerprint density at radius 1 is 1.05 bits per heavy atom. The Morgan fingerprint density at radius 2 is 1.90 bits per heavy atom. The van der Waals surface area contributed by atoms with Gasteiger partial charge in [-0.15, -0.1) is 0 Å². The zero-order chi connectivity index (χ0) is 13.6. The predicted octanol–water partition coefficient (Wildman–Crippen LogP) is 2.07. The van der Waals surface area contributed by atoms with Crippen LogP contribution in [-0.2, 0) is 0 Å². The first kappa shape index (κ1) is 14.0. The fourth-order valence-electron chi connectivity index (χ4n) is 3.12. The molecule has 0 aromatic heterocycles. The van der Waals surface area contributed by atoms with Crippen LogP contribution in [0.1, 0.15) is 44.9 Å². The highest BCUT2D eigenvalue weighted by Gasteiger charge is 2.21. The van der Waals surface area contributed by atoms with Gasteiger partial charge in [0.1, 0.15) is 0 Å². The van der Waals surface area contributed by atoms with Crippen LogP contribution in [0.3, 0.4) is 0 Å². The number of nitrogens with zero attached hydrogens (tertiary/aromatic N) is 2. The monoisotopic (exact) mass is 274 g/mol. The summed E-state index contributed by atoms with van der Waals surface area (Å²) in [5.74, 6) is 0. The molecular weight excluding hydrogens is 248 g/mol. The highest BCUT2D eigenvalue weighted by atomic mass is 15.0. The number of hydrogen-bond acceptors (Lipinski definition) is 4. The summed E-state index contributed by atoms with van der Waals surface area (Å²) in [6.07, 6.45) is 10.8. The summed E-state index contributed by atoms with van der Waals surface area (Å²) in [6, 6.07) is 0.469. The van der Waals surface area contributed by atoms with Crippen LogP contribution in [0.25, 0.3) is 0 Å². The maximum absolute atomic E-state index is 4.85. The Bertz CT molecular complexity index is 422. The molecule has 3 aliphatic rings. The fraction of sp³-hybridized carbons (Fsp3) is 0.750. The lowest BCUT2D eigenvalue weighted by molar-refractivity contribution is 0.539. The Morgan fingerprint density at radius 3 is 2.80 bits per heavy atom. The zero-order valence-corrected chi connectivity index (χ0v) is 12.3. The van der Waals surface area contributed by atoms with Crippen LogP contribution in [0.5, 0.6) is 0 Å². The molecule has 1 unspecified atom stereocenters. The van der Waals surface area contributed by atoms with Gasteiger partial charge in [0, 0.05) is 25.2 Å². The lowest BCUT2D eigenvalue weighted by atomic mass is 10.1. The maximum atomic E-state index is 4.85. The van der Waals surface area contributed by atoms with Crippen molar-refractivity contribution in [1.29, 1.82) is 0 Å². The lowest BCUT2D eigenvalue weighted by Gasteiger charge is -2.09. The summed E-state index contributed by atoms with van der Waals surface area (Å²) in [5, 5.41) is 7.08. The minimum absolute atomic E-state index is 0.469. The summed E-state index contributed by atoms with van der Waals surface area (Å²) in [4.78, 5) is 9.62. The van der Waals surface area contributed by atoms with Gasteiger partial charge in [-0.2, -0.15) is 0 Å². The molecule has 4 bridgehead atoms. The summed E-state index contributed by atoms with van der Waals surface area (Å²) < 4.78 is 0. The van der Waals surface area contributed by atoms with E-state index in [1.165, 1.54) is 43.5 Å². The van der Waals surface area contributed by atoms with Crippen molar-refractivity contribution >= 4 is 11.4 Å². The molecular formula is C16H26N4. The molecule has 2 N–H and O–H groups in total. The molecule has 110 valence electrons. The molecule has 0 aromatic rings. The molecule has 0 radical (unpaired) electrons. The molecule has 0 saturated carbocycles. The van der Waals surface area contributed by atoms with Crippen molar-refractivity contribution < 1.29 is 0 Å². The molecule has 1 atom stereocenters. The van der Waals surface area contributed by atoms with E-state index in [1.54, 1.807) is 0 Å². The second-order valence-corrected chi connectivity index (χ2v) is 6.03. The average molecular weight is 274 g/mol. The van der Waals surface area contributed by atoms with Crippen molar-refractivity contribution in [3.05, 3.63) is 11.8 Å². The van der Waals surface area contributed by atoms with Gasteiger partial charge in [0.05, 0.1) is 17.5 Å². The first-order valence-electron chi connectivity index (χ1n) is 8.17. The second kappa shape index (κ2) is 7.14. The summed E-state index contributed by atoms with van der Waals surface area (Å²) in [7, 11) is 0. The van der Waals surface area contributed by atoms with E-state index in [9.17, 15) is 0 Å². The highest BCUT2D eigenvalue weighted by molar-refractivity contribution is 6.06. The van der Waals surface area contributed by atoms with Gasteiger partial charge in [-0.3, -0.25) is 9.98 Å². The van der Waals surface area contributed by atoms with E-state index in [1.807, 2.05) is 0 Å². The number of nitrogens with one attached hydrogen (secondary N) is 2. The third kappa shape index (κ3) is 3.76. The van der Waals surface area contributed by atoms with E-state index in [0.29, 0.717) is 6.04 Å². The molecule has 3 heterocycles. The Labute approximate surface area is 121 Å². The van der Waals surface area contributed by atoms with E-state index >= 15 is 0 Å². The van der Waals surface area contributed by atoms with Crippen LogP contribution in [0.4, 0.5) is 0 Å². The molecule has 0 fully saturated rings. The first-order chi connectivity index (χ1) is 9.92. The van der Waals surface area contributed by atoms with E-state index in [2.05, 4.69) is 16.7 Å². The summed E-state index contributed by atoms with van der Waals surface area (Å²) in [5.41, 5.74) is 3.66. The highest BCUT2D eigenvalue weighted by Crippen LogP contribution is 2.22. The van der Waals surface area contributed by atoms with E-state index in [-0.39, 0.29) is 0 Å². The molecule has 3 rings (SSSR count). The van der Waals surface area contributed by atoms with Gasteiger partial charge < -0.3 is 10.6 Å². The van der Waals surface area contributed by atoms with E-state index < -0.39 is 0 Å². The first-order valence-corrected chi connectivity index (χ1v) is 8.17. The van der Waals surface area contributed by atoms with Gasteiger partial charge >= 0.3 is 0 Å². The van der Waals surface area contributed by atoms with Gasteiger partial charge in [-0.1, -0.05) is 18.9 Å². The molecule has 0 amide bonds. The molecule has 20 heavy (non-hydrogen) atoms. The summed E-state index contributed by atoms with van der Waals surface area (Å²) >= 11 is 0. The third-order valence-electron chi connectivity index (χ3n) is 4.32. The van der Waals surface area contributed by atoms with Crippen LogP contribution in [0.2, 0.25) is 0 Å². The van der Waals surface area contributed by atoms with Crippen LogP contribution in [0.15, 0.2) is 21.8 Å². The maximum Gasteiger partial charge on any atom is 0.0804 e. The Balaban J connectivity index is 1.62. The predicted molar refractivity (Wildman–Crippen MR) is 84.8 cm³/mol. The quantitative estimate of drug-likeness (QED) is 0.710. The minimum Gasteiger partial charge on any atom is -0.315 e. The van der Waals surface area contributed by atoms with Gasteiger partial charge in [-0.05, 0) is 38.8 Å². The SMILES string of the molecule is C1=C2N=C(C1)CNCCCCCCNCC1CCC2=N1. The van der Waals surface area contributed by atoms with Crippen LogP contribution >= 0.6 is 0 Å². The number of hydrogen-bond donors (Lipinski definition) is 2. The minimum atomic E-state index is 0.469. The van der Waals surface area contributed by atoms with Crippen molar-refractivity contribution in [2.75, 3.05) is 26.2 Å². The van der Waals surface area contributed by atoms with Crippen molar-refractivity contribution in [1.82, 2.24) is 10.6 Å². The second-order valence-electron chi connectivity index (χ2n) is 6.03. The normalized spacial score (nSPS) is 28.8. The smallest absolute Gasteiger partial charge is 0.0804 e. The lowest BCUT2D eigenvalue weighted by Crippen LogP contribution is -2.25. The molecule has 4 heteroatoms. The van der Waals surface area contributed by atoms with Gasteiger partial charge in [0.2, 0.25) is 0 Å². The Kier molecular flexibility index (Phi) is 4.98. The average Bonchev–Trinajstić information content (AvgIpc) is 3.09. The number of allylic oxidation sites excluding steroid dienone is 2. The van der Waals surface area contributed by atoms with Crippen molar-refractivity contribution in [2.45, 2.75) is 51.0 Å². The number of fused-ring (bicyclic) bond motifs is 3. The standard InChI is InChI=1S/C16H26N4/c1-2-4-10-18-12-14-6-8-16(20-14)15-7-5-13(19-15)11-17-9-3-1/h7,14,17-18H,1-6,8-12H2. The van der Waals surface area contributed by atoms with Crippen molar-refractivity contribution in [3.63, 3.8) is 0 Å².